The number of rotatable bonds is 0. The predicted molar refractivity (Wildman–Crippen MR) is 58.9 cm³/mol. The van der Waals surface area contributed by atoms with Crippen molar-refractivity contribution in [3.8, 4) is 6.07 Å². The van der Waals surface area contributed by atoms with Crippen molar-refractivity contribution >= 4 is 0 Å². The summed E-state index contributed by atoms with van der Waals surface area (Å²) in [5, 5.41) is 8.97. The van der Waals surface area contributed by atoms with Crippen LogP contribution in [0.3, 0.4) is 0 Å². The Balaban J connectivity index is 2.83. The van der Waals surface area contributed by atoms with E-state index in [-0.39, 0.29) is 17.0 Å². The van der Waals surface area contributed by atoms with Crippen LogP contribution < -0.4 is 0 Å². The number of piperidine rings is 1. The van der Waals surface area contributed by atoms with Gasteiger partial charge in [0.2, 0.25) is 0 Å². The molecule has 0 saturated carbocycles. The Morgan fingerprint density at radius 1 is 1.36 bits per heavy atom. The van der Waals surface area contributed by atoms with Crippen LogP contribution >= 0.6 is 0 Å². The molecule has 0 aromatic carbocycles. The summed E-state index contributed by atoms with van der Waals surface area (Å²) in [5.74, 6) is 0.224. The molecule has 1 fully saturated rings. The molecule has 0 bridgehead atoms. The van der Waals surface area contributed by atoms with E-state index in [1.165, 1.54) is 0 Å². The van der Waals surface area contributed by atoms with Crippen molar-refractivity contribution in [2.75, 3.05) is 6.54 Å². The van der Waals surface area contributed by atoms with Crippen molar-refractivity contribution in [2.24, 2.45) is 5.92 Å². The Morgan fingerprint density at radius 3 is 2.36 bits per heavy atom. The molecular weight excluding hydrogens is 172 g/mol. The third kappa shape index (κ3) is 2.27. The van der Waals surface area contributed by atoms with Crippen LogP contribution in [-0.4, -0.2) is 22.5 Å². The smallest absolute Gasteiger partial charge is 0.0669 e. The second-order valence-electron chi connectivity index (χ2n) is 5.96. The van der Waals surface area contributed by atoms with Gasteiger partial charge in [0.05, 0.1) is 12.0 Å². The van der Waals surface area contributed by atoms with Gasteiger partial charge in [0.25, 0.3) is 0 Å². The quantitative estimate of drug-likeness (QED) is 0.593. The van der Waals surface area contributed by atoms with Crippen molar-refractivity contribution in [2.45, 2.75) is 58.5 Å². The van der Waals surface area contributed by atoms with Crippen molar-refractivity contribution in [1.82, 2.24) is 4.90 Å². The van der Waals surface area contributed by atoms with Crippen LogP contribution in [0.25, 0.3) is 0 Å². The first-order chi connectivity index (χ1) is 6.27. The molecule has 1 rings (SSSR count). The van der Waals surface area contributed by atoms with E-state index < -0.39 is 0 Å². The van der Waals surface area contributed by atoms with Crippen molar-refractivity contribution in [3.63, 3.8) is 0 Å². The molecule has 0 radical (unpaired) electrons. The summed E-state index contributed by atoms with van der Waals surface area (Å²) >= 11 is 0. The zero-order valence-corrected chi connectivity index (χ0v) is 10.1. The normalized spacial score (nSPS) is 28.4. The highest BCUT2D eigenvalue weighted by Crippen LogP contribution is 2.35. The monoisotopic (exact) mass is 194 g/mol. The molecule has 1 heterocycles. The fraction of sp³-hybridized carbons (Fsp3) is 0.917. The Hall–Kier alpha value is -0.550. The van der Waals surface area contributed by atoms with E-state index in [4.69, 9.17) is 5.26 Å². The fourth-order valence-corrected chi connectivity index (χ4v) is 2.51. The topological polar surface area (TPSA) is 27.0 Å². The van der Waals surface area contributed by atoms with Crippen LogP contribution in [0.4, 0.5) is 0 Å². The van der Waals surface area contributed by atoms with Crippen molar-refractivity contribution in [3.05, 3.63) is 0 Å². The maximum absolute atomic E-state index is 8.97. The molecule has 1 aliphatic rings. The number of likely N-dealkylation sites (tertiary alicyclic amines) is 1. The van der Waals surface area contributed by atoms with Gasteiger partial charge in [-0.2, -0.15) is 5.26 Å². The minimum Gasteiger partial charge on any atom is -0.292 e. The Morgan fingerprint density at radius 2 is 1.93 bits per heavy atom. The zero-order chi connectivity index (χ0) is 11.0. The highest BCUT2D eigenvalue weighted by atomic mass is 15.2. The molecule has 0 aromatic rings. The standard InChI is InChI=1S/C12H22N2/c1-11(2,3)14-9-10(8-13)6-7-12(14,4)5/h10H,6-7,9H2,1-5H3. The Kier molecular flexibility index (Phi) is 2.92. The largest absolute Gasteiger partial charge is 0.292 e. The molecule has 1 aliphatic heterocycles. The average Bonchev–Trinajstić information content (AvgIpc) is 2.01. The lowest BCUT2D eigenvalue weighted by Gasteiger charge is -2.51. The summed E-state index contributed by atoms with van der Waals surface area (Å²) < 4.78 is 0. The minimum absolute atomic E-state index is 0.166. The van der Waals surface area contributed by atoms with Gasteiger partial charge in [-0.05, 0) is 47.5 Å². The molecule has 2 heteroatoms. The zero-order valence-electron chi connectivity index (χ0n) is 10.1. The number of nitrogens with zero attached hydrogens (tertiary/aromatic N) is 2. The van der Waals surface area contributed by atoms with Crippen LogP contribution in [0.1, 0.15) is 47.5 Å². The predicted octanol–water partition coefficient (Wildman–Crippen LogP) is 2.80. The van der Waals surface area contributed by atoms with E-state index >= 15 is 0 Å². The second-order valence-corrected chi connectivity index (χ2v) is 5.96. The van der Waals surface area contributed by atoms with E-state index in [1.54, 1.807) is 0 Å². The van der Waals surface area contributed by atoms with E-state index in [2.05, 4.69) is 45.6 Å². The second kappa shape index (κ2) is 3.55. The van der Waals surface area contributed by atoms with Gasteiger partial charge in [-0.1, -0.05) is 0 Å². The van der Waals surface area contributed by atoms with Crippen LogP contribution in [0.2, 0.25) is 0 Å². The molecule has 0 aromatic heterocycles. The summed E-state index contributed by atoms with van der Waals surface area (Å²) in [6.45, 7) is 12.2. The average molecular weight is 194 g/mol. The first-order valence-electron chi connectivity index (χ1n) is 5.45. The van der Waals surface area contributed by atoms with Crippen LogP contribution in [0.5, 0.6) is 0 Å². The van der Waals surface area contributed by atoms with Crippen LogP contribution in [0, 0.1) is 17.2 Å². The maximum atomic E-state index is 8.97. The van der Waals surface area contributed by atoms with Gasteiger partial charge in [-0.25, -0.2) is 0 Å². The van der Waals surface area contributed by atoms with Gasteiger partial charge >= 0.3 is 0 Å². The Labute approximate surface area is 87.9 Å². The van der Waals surface area contributed by atoms with E-state index in [0.29, 0.717) is 0 Å². The van der Waals surface area contributed by atoms with E-state index in [1.807, 2.05) is 0 Å². The summed E-state index contributed by atoms with van der Waals surface area (Å²) in [4.78, 5) is 2.47. The van der Waals surface area contributed by atoms with Gasteiger partial charge in [0, 0.05) is 17.6 Å². The summed E-state index contributed by atoms with van der Waals surface area (Å²) in [6.07, 6.45) is 2.18. The summed E-state index contributed by atoms with van der Waals surface area (Å²) in [7, 11) is 0. The van der Waals surface area contributed by atoms with E-state index in [0.717, 1.165) is 19.4 Å². The summed E-state index contributed by atoms with van der Waals surface area (Å²) in [6, 6.07) is 2.40. The van der Waals surface area contributed by atoms with Gasteiger partial charge in [0.1, 0.15) is 0 Å². The lowest BCUT2D eigenvalue weighted by atomic mass is 9.82. The number of hydrogen-bond acceptors (Lipinski definition) is 2. The van der Waals surface area contributed by atoms with E-state index in [9.17, 15) is 0 Å². The van der Waals surface area contributed by atoms with Crippen LogP contribution in [-0.2, 0) is 0 Å². The SMILES string of the molecule is CC(C)(C)N1CC(C#N)CCC1(C)C. The molecule has 0 spiro atoms. The molecule has 1 saturated heterocycles. The highest BCUT2D eigenvalue weighted by molar-refractivity contribution is 5.00. The highest BCUT2D eigenvalue weighted by Gasteiger charge is 2.39. The summed E-state index contributed by atoms with van der Waals surface area (Å²) in [5.41, 5.74) is 0.407. The number of hydrogen-bond donors (Lipinski definition) is 0. The molecule has 0 N–H and O–H groups in total. The molecule has 2 nitrogen and oxygen atoms in total. The lowest BCUT2D eigenvalue weighted by Crippen LogP contribution is -2.58. The first-order valence-corrected chi connectivity index (χ1v) is 5.45. The van der Waals surface area contributed by atoms with Gasteiger partial charge < -0.3 is 0 Å². The number of nitriles is 1. The molecule has 0 aliphatic carbocycles. The fourth-order valence-electron chi connectivity index (χ4n) is 2.51. The third-order valence-electron chi connectivity index (χ3n) is 3.23. The van der Waals surface area contributed by atoms with Crippen LogP contribution in [0.15, 0.2) is 0 Å². The molecule has 1 atom stereocenters. The van der Waals surface area contributed by atoms with Crippen molar-refractivity contribution in [1.29, 1.82) is 5.26 Å². The lowest BCUT2D eigenvalue weighted by molar-refractivity contribution is -0.0154. The molecular formula is C12H22N2. The molecule has 1 unspecified atom stereocenters. The molecule has 0 amide bonds. The Bertz CT molecular complexity index is 242. The van der Waals surface area contributed by atoms with Gasteiger partial charge in [0.15, 0.2) is 0 Å². The first kappa shape index (κ1) is 11.5. The molecule has 14 heavy (non-hydrogen) atoms. The minimum atomic E-state index is 0.166. The van der Waals surface area contributed by atoms with Crippen molar-refractivity contribution < 1.29 is 0 Å². The van der Waals surface area contributed by atoms with Gasteiger partial charge in [-0.15, -0.1) is 0 Å². The maximum Gasteiger partial charge on any atom is 0.0669 e. The molecule has 80 valence electrons. The third-order valence-corrected chi connectivity index (χ3v) is 3.23. The van der Waals surface area contributed by atoms with Gasteiger partial charge in [-0.3, -0.25) is 4.90 Å².